The summed E-state index contributed by atoms with van der Waals surface area (Å²) >= 11 is 7.15. The van der Waals surface area contributed by atoms with Crippen LogP contribution in [0.3, 0.4) is 0 Å². The van der Waals surface area contributed by atoms with E-state index in [-0.39, 0.29) is 5.15 Å². The van der Waals surface area contributed by atoms with E-state index in [1.54, 1.807) is 0 Å². The Morgan fingerprint density at radius 2 is 2.12 bits per heavy atom. The molecule has 0 aromatic carbocycles. The maximum atomic E-state index is 8.84. The fraction of sp³-hybridized carbons (Fsp3) is 0.636. The van der Waals surface area contributed by atoms with Crippen LogP contribution in [0.1, 0.15) is 38.0 Å². The van der Waals surface area contributed by atoms with Crippen LogP contribution >= 0.6 is 22.9 Å². The first kappa shape index (κ1) is 12.6. The molecule has 0 aliphatic carbocycles. The molecule has 92 valence electrons. The monoisotopic (exact) mass is 270 g/mol. The number of aromatic nitrogens is 1. The van der Waals surface area contributed by atoms with Crippen molar-refractivity contribution >= 4 is 28.1 Å². The van der Waals surface area contributed by atoms with E-state index in [4.69, 9.17) is 16.9 Å². The number of piperidine rings is 1. The smallest absolute Gasteiger partial charge is 0.200 e. The summed E-state index contributed by atoms with van der Waals surface area (Å²) in [5.74, 6) is 0. The summed E-state index contributed by atoms with van der Waals surface area (Å²) in [4.78, 5) is 4.62. The van der Waals surface area contributed by atoms with E-state index in [0.717, 1.165) is 0 Å². The average molecular weight is 271 g/mol. The third-order valence-electron chi connectivity index (χ3n) is 3.11. The van der Waals surface area contributed by atoms with Gasteiger partial charge in [-0.2, -0.15) is 5.26 Å². The van der Waals surface area contributed by atoms with Crippen LogP contribution in [0.15, 0.2) is 0 Å². The van der Waals surface area contributed by atoms with Crippen LogP contribution < -0.4 is 5.43 Å². The van der Waals surface area contributed by atoms with E-state index in [2.05, 4.69) is 29.3 Å². The standard InChI is InChI=1S/C11H15ClN4S/c1-7-4-3-5-8(2)16(7)15-11-14-10(12)9(6-13)17-11/h7-8H,3-5H2,1-2H3,(H,14,15). The molecule has 4 nitrogen and oxygen atoms in total. The highest BCUT2D eigenvalue weighted by atomic mass is 35.5. The molecule has 0 saturated carbocycles. The molecular weight excluding hydrogens is 256 g/mol. The van der Waals surface area contributed by atoms with Gasteiger partial charge >= 0.3 is 0 Å². The second-order valence-electron chi connectivity index (χ2n) is 4.40. The highest BCUT2D eigenvalue weighted by Gasteiger charge is 2.25. The summed E-state index contributed by atoms with van der Waals surface area (Å²) in [6.07, 6.45) is 3.63. The third kappa shape index (κ3) is 2.71. The van der Waals surface area contributed by atoms with Gasteiger partial charge in [0.15, 0.2) is 10.3 Å². The first-order valence-electron chi connectivity index (χ1n) is 5.73. The number of nitrogens with zero attached hydrogens (tertiary/aromatic N) is 3. The highest BCUT2D eigenvalue weighted by Crippen LogP contribution is 2.29. The predicted octanol–water partition coefficient (Wildman–Crippen LogP) is 3.26. The summed E-state index contributed by atoms with van der Waals surface area (Å²) in [7, 11) is 0. The molecule has 1 aromatic heterocycles. The van der Waals surface area contributed by atoms with Gasteiger partial charge in [0.25, 0.3) is 0 Å². The van der Waals surface area contributed by atoms with Gasteiger partial charge in [0.2, 0.25) is 0 Å². The van der Waals surface area contributed by atoms with Crippen molar-refractivity contribution in [3.63, 3.8) is 0 Å². The SMILES string of the molecule is CC1CCCC(C)N1Nc1nc(Cl)c(C#N)s1. The van der Waals surface area contributed by atoms with Crippen LogP contribution in [0, 0.1) is 11.3 Å². The zero-order valence-electron chi connectivity index (χ0n) is 9.90. The van der Waals surface area contributed by atoms with Crippen molar-refractivity contribution in [1.82, 2.24) is 9.99 Å². The van der Waals surface area contributed by atoms with Gasteiger partial charge in [-0.3, -0.25) is 5.43 Å². The van der Waals surface area contributed by atoms with Gasteiger partial charge in [-0.05, 0) is 26.7 Å². The van der Waals surface area contributed by atoms with Crippen molar-refractivity contribution in [2.24, 2.45) is 0 Å². The lowest BCUT2D eigenvalue weighted by Crippen LogP contribution is -2.47. The van der Waals surface area contributed by atoms with E-state index in [0.29, 0.717) is 22.1 Å². The lowest BCUT2D eigenvalue weighted by molar-refractivity contribution is 0.135. The molecule has 17 heavy (non-hydrogen) atoms. The molecule has 1 saturated heterocycles. The number of anilines is 1. The van der Waals surface area contributed by atoms with Crippen molar-refractivity contribution in [3.8, 4) is 6.07 Å². The Balaban J connectivity index is 2.11. The number of hydrogen-bond acceptors (Lipinski definition) is 5. The summed E-state index contributed by atoms with van der Waals surface area (Å²) in [5.41, 5.74) is 3.28. The molecule has 0 radical (unpaired) electrons. The minimum atomic E-state index is 0.289. The van der Waals surface area contributed by atoms with Gasteiger partial charge in [-0.25, -0.2) is 9.99 Å². The molecule has 2 unspecified atom stereocenters. The molecule has 0 spiro atoms. The second kappa shape index (κ2) is 5.21. The normalized spacial score (nSPS) is 25.5. The Kier molecular flexibility index (Phi) is 3.87. The second-order valence-corrected chi connectivity index (χ2v) is 5.76. The largest absolute Gasteiger partial charge is 0.294 e. The molecule has 1 aliphatic rings. The van der Waals surface area contributed by atoms with Crippen LogP contribution in [0.25, 0.3) is 0 Å². The molecule has 2 heterocycles. The van der Waals surface area contributed by atoms with Gasteiger partial charge < -0.3 is 0 Å². The highest BCUT2D eigenvalue weighted by molar-refractivity contribution is 7.16. The van der Waals surface area contributed by atoms with Crippen molar-refractivity contribution in [3.05, 3.63) is 10.0 Å². The van der Waals surface area contributed by atoms with Gasteiger partial charge in [0.05, 0.1) is 0 Å². The molecule has 1 aliphatic heterocycles. The Morgan fingerprint density at radius 1 is 1.47 bits per heavy atom. The van der Waals surface area contributed by atoms with Crippen molar-refractivity contribution in [2.45, 2.75) is 45.2 Å². The summed E-state index contributed by atoms with van der Waals surface area (Å²) < 4.78 is 0. The van der Waals surface area contributed by atoms with Crippen molar-refractivity contribution in [2.75, 3.05) is 5.43 Å². The Hall–Kier alpha value is -0.830. The van der Waals surface area contributed by atoms with Crippen LogP contribution in [-0.4, -0.2) is 22.1 Å². The van der Waals surface area contributed by atoms with Crippen molar-refractivity contribution in [1.29, 1.82) is 5.26 Å². The molecule has 2 atom stereocenters. The fourth-order valence-electron chi connectivity index (χ4n) is 2.17. The molecule has 1 aromatic rings. The number of rotatable bonds is 2. The number of nitriles is 1. The first-order valence-corrected chi connectivity index (χ1v) is 6.92. The molecule has 1 fully saturated rings. The van der Waals surface area contributed by atoms with Gasteiger partial charge in [-0.1, -0.05) is 29.4 Å². The Bertz CT molecular complexity index is 429. The first-order chi connectivity index (χ1) is 8.11. The summed E-state index contributed by atoms with van der Waals surface area (Å²) in [6.45, 7) is 4.39. The van der Waals surface area contributed by atoms with Crippen LogP contribution in [0.5, 0.6) is 0 Å². The molecule has 2 rings (SSSR count). The zero-order valence-corrected chi connectivity index (χ0v) is 11.5. The number of nitrogens with one attached hydrogen (secondary N) is 1. The summed E-state index contributed by atoms with van der Waals surface area (Å²) in [5, 5.41) is 12.0. The molecule has 6 heteroatoms. The van der Waals surface area contributed by atoms with E-state index < -0.39 is 0 Å². The summed E-state index contributed by atoms with van der Waals surface area (Å²) in [6, 6.07) is 3.00. The Labute approximate surface area is 110 Å². The van der Waals surface area contributed by atoms with Crippen LogP contribution in [0.4, 0.5) is 5.13 Å². The van der Waals surface area contributed by atoms with E-state index in [9.17, 15) is 0 Å². The van der Waals surface area contributed by atoms with E-state index in [1.165, 1.54) is 30.6 Å². The number of hydrogen-bond donors (Lipinski definition) is 1. The topological polar surface area (TPSA) is 52.0 Å². The number of halogens is 1. The fourth-order valence-corrected chi connectivity index (χ4v) is 3.12. The average Bonchev–Trinajstić information content (AvgIpc) is 2.64. The van der Waals surface area contributed by atoms with Crippen molar-refractivity contribution < 1.29 is 0 Å². The van der Waals surface area contributed by atoms with Gasteiger partial charge in [0.1, 0.15) is 10.9 Å². The predicted molar refractivity (Wildman–Crippen MR) is 70.1 cm³/mol. The van der Waals surface area contributed by atoms with Gasteiger partial charge in [-0.15, -0.1) is 0 Å². The lowest BCUT2D eigenvalue weighted by atomic mass is 10.00. The number of thiazole rings is 1. The molecule has 0 bridgehead atoms. The quantitative estimate of drug-likeness (QED) is 0.896. The third-order valence-corrected chi connectivity index (χ3v) is 4.36. The van der Waals surface area contributed by atoms with Crippen LogP contribution in [0.2, 0.25) is 5.15 Å². The minimum Gasteiger partial charge on any atom is -0.294 e. The van der Waals surface area contributed by atoms with E-state index >= 15 is 0 Å². The number of hydrazine groups is 1. The molecule has 0 amide bonds. The molecule has 1 N–H and O–H groups in total. The van der Waals surface area contributed by atoms with Gasteiger partial charge in [0, 0.05) is 12.1 Å². The maximum Gasteiger partial charge on any atom is 0.200 e. The van der Waals surface area contributed by atoms with Crippen LogP contribution in [-0.2, 0) is 0 Å². The zero-order chi connectivity index (χ0) is 12.4. The Morgan fingerprint density at radius 3 is 2.65 bits per heavy atom. The lowest BCUT2D eigenvalue weighted by Gasteiger charge is -2.38. The molecular formula is C11H15ClN4S. The minimum absolute atomic E-state index is 0.289. The van der Waals surface area contributed by atoms with E-state index in [1.807, 2.05) is 6.07 Å². The maximum absolute atomic E-state index is 8.84.